The van der Waals surface area contributed by atoms with Crippen molar-refractivity contribution in [1.82, 2.24) is 9.71 Å². The Morgan fingerprint density at radius 2 is 1.58 bits per heavy atom. The third kappa shape index (κ3) is 5.40. The number of pyridine rings is 1. The van der Waals surface area contributed by atoms with E-state index in [4.69, 9.17) is 0 Å². The van der Waals surface area contributed by atoms with Crippen molar-refractivity contribution in [1.29, 1.82) is 0 Å². The number of H-pyrrole nitrogens is 1. The van der Waals surface area contributed by atoms with E-state index < -0.39 is 57.5 Å². The number of fused-ring (bicyclic) bond motifs is 1. The van der Waals surface area contributed by atoms with Crippen LogP contribution in [0.4, 0.5) is 22.0 Å². The fourth-order valence-electron chi connectivity index (χ4n) is 3.88. The molecule has 3 aromatic rings. The lowest BCUT2D eigenvalue weighted by atomic mass is 9.96. The van der Waals surface area contributed by atoms with Crippen LogP contribution in [0.25, 0.3) is 10.9 Å². The van der Waals surface area contributed by atoms with Gasteiger partial charge in [-0.2, -0.15) is 13.2 Å². The fraction of sp³-hybridized carbons (Fsp3) is 0.208. The zero-order valence-electron chi connectivity index (χ0n) is 18.3. The summed E-state index contributed by atoms with van der Waals surface area (Å²) in [6, 6.07) is 10.2. The minimum Gasteiger partial charge on any atom is -0.385 e. The molecule has 0 saturated carbocycles. The van der Waals surface area contributed by atoms with Crippen molar-refractivity contribution < 1.29 is 35.5 Å². The molecule has 2 aromatic carbocycles. The maximum Gasteiger partial charge on any atom is 0.417 e. The molecule has 0 amide bonds. The topological polar surface area (TPSA) is 99.3 Å². The van der Waals surface area contributed by atoms with Crippen LogP contribution in [-0.2, 0) is 22.6 Å². The van der Waals surface area contributed by atoms with Crippen LogP contribution < -0.4 is 10.3 Å². The first-order valence-corrected chi connectivity index (χ1v) is 12.1. The summed E-state index contributed by atoms with van der Waals surface area (Å²) in [4.78, 5) is 13.8. The maximum absolute atomic E-state index is 13.9. The Bertz CT molecular complexity index is 1530. The Kier molecular flexibility index (Phi) is 6.86. The Morgan fingerprint density at radius 3 is 2.25 bits per heavy atom. The molecule has 2 atom stereocenters. The molecule has 4 rings (SSSR count). The number of aliphatic hydroxyl groups excluding tert-OH is 1. The molecule has 36 heavy (non-hydrogen) atoms. The van der Waals surface area contributed by atoms with E-state index in [1.807, 2.05) is 0 Å². The smallest absolute Gasteiger partial charge is 0.385 e. The zero-order valence-corrected chi connectivity index (χ0v) is 19.1. The molecular formula is C24H19F5N2O4S. The third-order valence-electron chi connectivity index (χ3n) is 5.77. The molecule has 2 unspecified atom stereocenters. The van der Waals surface area contributed by atoms with Crippen LogP contribution in [0.3, 0.4) is 0 Å². The number of hydrogen-bond donors (Lipinski definition) is 3. The van der Waals surface area contributed by atoms with Crippen LogP contribution in [0, 0.1) is 5.92 Å². The van der Waals surface area contributed by atoms with E-state index in [-0.39, 0.29) is 22.2 Å². The van der Waals surface area contributed by atoms with Gasteiger partial charge in [-0.1, -0.05) is 18.2 Å². The summed E-state index contributed by atoms with van der Waals surface area (Å²) in [5, 5.41) is 9.59. The lowest BCUT2D eigenvalue weighted by Gasteiger charge is -2.23. The predicted molar refractivity (Wildman–Crippen MR) is 122 cm³/mol. The first-order chi connectivity index (χ1) is 16.8. The molecule has 12 heteroatoms. The Hall–Kier alpha value is -3.35. The number of aromatic nitrogens is 1. The normalized spacial score (nSPS) is 18.7. The van der Waals surface area contributed by atoms with E-state index in [0.717, 1.165) is 12.2 Å². The van der Waals surface area contributed by atoms with Crippen LogP contribution in [0.2, 0.25) is 0 Å². The number of halogens is 5. The van der Waals surface area contributed by atoms with Crippen molar-refractivity contribution in [2.75, 3.05) is 6.54 Å². The molecule has 1 aliphatic carbocycles. The highest BCUT2D eigenvalue weighted by molar-refractivity contribution is 7.89. The largest absolute Gasteiger partial charge is 0.417 e. The Labute approximate surface area is 201 Å². The number of rotatable bonds is 6. The van der Waals surface area contributed by atoms with E-state index in [9.17, 15) is 40.3 Å². The first kappa shape index (κ1) is 25.7. The van der Waals surface area contributed by atoms with Gasteiger partial charge in [-0.15, -0.1) is 0 Å². The van der Waals surface area contributed by atoms with E-state index in [1.54, 1.807) is 6.07 Å². The van der Waals surface area contributed by atoms with Crippen molar-refractivity contribution in [2.45, 2.75) is 23.6 Å². The number of nitrogens with one attached hydrogen (secondary N) is 2. The van der Waals surface area contributed by atoms with E-state index in [2.05, 4.69) is 9.71 Å². The van der Waals surface area contributed by atoms with Crippen LogP contribution in [-0.4, -0.2) is 31.2 Å². The highest BCUT2D eigenvalue weighted by Gasteiger charge is 2.33. The molecule has 190 valence electrons. The average molecular weight is 526 g/mol. The lowest BCUT2D eigenvalue weighted by Crippen LogP contribution is -2.36. The number of aromatic amines is 1. The van der Waals surface area contributed by atoms with Gasteiger partial charge in [0.25, 0.3) is 0 Å². The van der Waals surface area contributed by atoms with Crippen LogP contribution >= 0.6 is 0 Å². The van der Waals surface area contributed by atoms with Gasteiger partial charge in [0.2, 0.25) is 15.6 Å². The minimum atomic E-state index is -4.72. The second-order valence-corrected chi connectivity index (χ2v) is 10.0. The second kappa shape index (κ2) is 9.60. The van der Waals surface area contributed by atoms with Crippen molar-refractivity contribution >= 4 is 20.9 Å². The van der Waals surface area contributed by atoms with Crippen molar-refractivity contribution in [3.05, 3.63) is 99.4 Å². The highest BCUT2D eigenvalue weighted by Crippen LogP contribution is 2.34. The summed E-state index contributed by atoms with van der Waals surface area (Å²) < 4.78 is 94.8. The summed E-state index contributed by atoms with van der Waals surface area (Å²) >= 11 is 0. The van der Waals surface area contributed by atoms with Gasteiger partial charge >= 0.3 is 6.18 Å². The Morgan fingerprint density at radius 1 is 0.944 bits per heavy atom. The SMILES string of the molecule is O=c1cc(C(F)(F)F)c2cc(Cc3ccc(S(=O)(=O)NCC4C(F)=CC=C(F)C4O)cc3)ccc2[nH]1. The highest BCUT2D eigenvalue weighted by atomic mass is 32.2. The number of alkyl halides is 3. The van der Waals surface area contributed by atoms with Gasteiger partial charge < -0.3 is 10.1 Å². The summed E-state index contributed by atoms with van der Waals surface area (Å²) in [5.74, 6) is -3.25. The van der Waals surface area contributed by atoms with Gasteiger partial charge in [0.15, 0.2) is 0 Å². The number of hydrogen-bond acceptors (Lipinski definition) is 4. The number of aliphatic hydroxyl groups is 1. The van der Waals surface area contributed by atoms with Crippen molar-refractivity contribution in [3.63, 3.8) is 0 Å². The molecule has 0 spiro atoms. The van der Waals surface area contributed by atoms with Gasteiger partial charge in [-0.05, 0) is 54.0 Å². The Balaban J connectivity index is 1.51. The molecular weight excluding hydrogens is 507 g/mol. The summed E-state index contributed by atoms with van der Waals surface area (Å²) in [6.45, 7) is -0.574. The predicted octanol–water partition coefficient (Wildman–Crippen LogP) is 4.11. The molecule has 1 aromatic heterocycles. The van der Waals surface area contributed by atoms with Gasteiger partial charge in [0.1, 0.15) is 17.8 Å². The first-order valence-electron chi connectivity index (χ1n) is 10.6. The second-order valence-electron chi connectivity index (χ2n) is 8.25. The minimum absolute atomic E-state index is 0.0378. The van der Waals surface area contributed by atoms with E-state index in [1.165, 1.54) is 36.4 Å². The maximum atomic E-state index is 13.9. The molecule has 1 heterocycles. The molecule has 0 fully saturated rings. The third-order valence-corrected chi connectivity index (χ3v) is 7.21. The zero-order chi connectivity index (χ0) is 26.3. The van der Waals surface area contributed by atoms with Gasteiger partial charge in [-0.3, -0.25) is 4.79 Å². The summed E-state index contributed by atoms with van der Waals surface area (Å²) in [7, 11) is -4.12. The monoisotopic (exact) mass is 526 g/mol. The van der Waals surface area contributed by atoms with Crippen molar-refractivity contribution in [2.24, 2.45) is 5.92 Å². The molecule has 3 N–H and O–H groups in total. The van der Waals surface area contributed by atoms with Crippen molar-refractivity contribution in [3.8, 4) is 0 Å². The van der Waals surface area contributed by atoms with Crippen LogP contribution in [0.1, 0.15) is 16.7 Å². The molecule has 1 aliphatic rings. The average Bonchev–Trinajstić information content (AvgIpc) is 2.81. The van der Waals surface area contributed by atoms with Crippen LogP contribution in [0.15, 0.2) is 82.0 Å². The van der Waals surface area contributed by atoms with Gasteiger partial charge in [-0.25, -0.2) is 21.9 Å². The molecule has 0 saturated heterocycles. The molecule has 6 nitrogen and oxygen atoms in total. The van der Waals surface area contributed by atoms with Gasteiger partial charge in [0, 0.05) is 23.5 Å². The quantitative estimate of drug-likeness (QED) is 0.421. The number of sulfonamides is 1. The molecule has 0 aliphatic heterocycles. The number of benzene rings is 2. The molecule has 0 bridgehead atoms. The summed E-state index contributed by atoms with van der Waals surface area (Å²) in [6.07, 6.45) is -4.77. The standard InChI is InChI=1S/C24H19F5N2O4S/c25-19-6-7-20(26)23(33)17(19)12-30-36(34,35)15-4-1-13(2-5-15)9-14-3-8-21-16(10-14)18(24(27,28)29)11-22(32)31-21/h1-8,10-11,17,23,30,33H,9,12H2,(H,31,32). The van der Waals surface area contributed by atoms with E-state index in [0.29, 0.717) is 17.2 Å². The molecule has 0 radical (unpaired) electrons. The summed E-state index contributed by atoms with van der Waals surface area (Å²) in [5.41, 5.74) is -0.796. The van der Waals surface area contributed by atoms with Crippen LogP contribution in [0.5, 0.6) is 0 Å². The fourth-order valence-corrected chi connectivity index (χ4v) is 4.94. The lowest BCUT2D eigenvalue weighted by molar-refractivity contribution is -0.136. The van der Waals surface area contributed by atoms with Gasteiger partial charge in [0.05, 0.1) is 16.4 Å². The van der Waals surface area contributed by atoms with E-state index >= 15 is 0 Å². The number of allylic oxidation sites excluding steroid dienone is 2.